The van der Waals surface area contributed by atoms with E-state index in [9.17, 15) is 14.9 Å². The second-order valence-corrected chi connectivity index (χ2v) is 11.2. The summed E-state index contributed by atoms with van der Waals surface area (Å²) in [7, 11) is 0. The molecule has 6 rings (SSSR count). The van der Waals surface area contributed by atoms with Crippen LogP contribution in [-0.2, 0) is 4.79 Å². The number of nitrogens with one attached hydrogen (secondary N) is 3. The van der Waals surface area contributed by atoms with Crippen molar-refractivity contribution in [3.8, 4) is 6.07 Å². The lowest BCUT2D eigenvalue weighted by Crippen LogP contribution is -2.39. The molecule has 0 fully saturated rings. The smallest absolute Gasteiger partial charge is 0.256 e. The van der Waals surface area contributed by atoms with Crippen molar-refractivity contribution in [3.63, 3.8) is 0 Å². The fourth-order valence-corrected chi connectivity index (χ4v) is 6.30. The number of anilines is 1. The maximum absolute atomic E-state index is 13.4. The predicted octanol–water partition coefficient (Wildman–Crippen LogP) is 5.74. The highest BCUT2D eigenvalue weighted by Gasteiger charge is 2.28. The summed E-state index contributed by atoms with van der Waals surface area (Å²) in [4.78, 5) is 31.0. The Labute approximate surface area is 252 Å². The number of allylic oxidation sites excluding steroid dienone is 8. The van der Waals surface area contributed by atoms with Crippen molar-refractivity contribution in [2.24, 2.45) is 16.8 Å². The molecule has 7 nitrogen and oxygen atoms in total. The minimum Gasteiger partial charge on any atom is -0.346 e. The molecule has 4 atom stereocenters. The van der Waals surface area contributed by atoms with Crippen LogP contribution in [0.4, 0.5) is 5.69 Å². The van der Waals surface area contributed by atoms with Gasteiger partial charge in [0.05, 0.1) is 30.3 Å². The van der Waals surface area contributed by atoms with Crippen LogP contribution in [0.15, 0.2) is 113 Å². The maximum Gasteiger partial charge on any atom is 0.256 e. The van der Waals surface area contributed by atoms with E-state index in [1.54, 1.807) is 0 Å². The van der Waals surface area contributed by atoms with Crippen molar-refractivity contribution in [2.75, 3.05) is 18.4 Å². The summed E-state index contributed by atoms with van der Waals surface area (Å²) in [5.74, 6) is -0.341. The van der Waals surface area contributed by atoms with Gasteiger partial charge in [-0.05, 0) is 60.6 Å². The van der Waals surface area contributed by atoms with Gasteiger partial charge in [-0.3, -0.25) is 14.6 Å². The molecule has 2 aromatic rings. The van der Waals surface area contributed by atoms with Crippen LogP contribution >= 0.6 is 0 Å². The van der Waals surface area contributed by atoms with Crippen LogP contribution < -0.4 is 16.0 Å². The van der Waals surface area contributed by atoms with E-state index in [0.29, 0.717) is 25.1 Å². The van der Waals surface area contributed by atoms with Gasteiger partial charge in [0, 0.05) is 35.3 Å². The Kier molecular flexibility index (Phi) is 8.57. The fraction of sp³-hybridized carbons (Fsp3) is 0.278. The first-order valence-corrected chi connectivity index (χ1v) is 15.0. The van der Waals surface area contributed by atoms with Crippen molar-refractivity contribution in [1.82, 2.24) is 10.6 Å². The zero-order chi connectivity index (χ0) is 29.6. The van der Waals surface area contributed by atoms with Gasteiger partial charge in [-0.2, -0.15) is 5.26 Å². The third kappa shape index (κ3) is 6.20. The highest BCUT2D eigenvalue weighted by molar-refractivity contribution is 6.07. The summed E-state index contributed by atoms with van der Waals surface area (Å²) >= 11 is 0. The Morgan fingerprint density at radius 2 is 1.86 bits per heavy atom. The van der Waals surface area contributed by atoms with Crippen LogP contribution in [0.1, 0.15) is 53.2 Å². The average Bonchev–Trinajstić information content (AvgIpc) is 3.17. The zero-order valence-electron chi connectivity index (χ0n) is 24.0. The molecule has 43 heavy (non-hydrogen) atoms. The molecule has 3 aliphatic carbocycles. The number of fused-ring (bicyclic) bond motifs is 2. The standard InChI is InChI=1S/C36H35N5O2/c37-23-25-22-26(40-35(42)29-14-6-4-12-27(29)24-10-2-1-3-11-24)18-19-32(25)38-20-21-39-34-28-13-5-7-15-30(28)36(43)41-33-17-9-8-16-31(33)34/h1-5,7-10,12-13,15-19,24-26,34,39H,6,11,14,20-22H2,(H,40,42)(H,41,43). The van der Waals surface area contributed by atoms with Crippen LogP contribution in [0.5, 0.6) is 0 Å². The Morgan fingerprint density at radius 3 is 2.70 bits per heavy atom. The molecule has 4 aliphatic rings. The first-order valence-electron chi connectivity index (χ1n) is 15.0. The molecule has 216 valence electrons. The SMILES string of the molecule is N#CC1CC(NC(=O)C2=C(C3C=CC=CC3)C=CCC2)C=CC1=NCCNC1c2ccccc2NC(=O)c2ccccc21. The summed E-state index contributed by atoms with van der Waals surface area (Å²) in [6.45, 7) is 1.04. The average molecular weight is 570 g/mol. The van der Waals surface area contributed by atoms with E-state index < -0.39 is 5.92 Å². The Hall–Kier alpha value is -4.80. The quantitative estimate of drug-likeness (QED) is 0.370. The van der Waals surface area contributed by atoms with Crippen molar-refractivity contribution in [1.29, 1.82) is 5.26 Å². The minimum absolute atomic E-state index is 0.0461. The summed E-state index contributed by atoms with van der Waals surface area (Å²) < 4.78 is 0. The van der Waals surface area contributed by atoms with E-state index >= 15 is 0 Å². The second kappa shape index (κ2) is 13.0. The number of amides is 2. The van der Waals surface area contributed by atoms with E-state index in [-0.39, 0.29) is 29.8 Å². The highest BCUT2D eigenvalue weighted by Crippen LogP contribution is 2.34. The van der Waals surface area contributed by atoms with Crippen molar-refractivity contribution in [3.05, 3.63) is 125 Å². The normalized spacial score (nSPS) is 25.0. The van der Waals surface area contributed by atoms with Gasteiger partial charge in [-0.15, -0.1) is 0 Å². The summed E-state index contributed by atoms with van der Waals surface area (Å²) in [5, 5.41) is 19.7. The summed E-state index contributed by atoms with van der Waals surface area (Å²) in [6.07, 6.45) is 19.4. The first kappa shape index (κ1) is 28.3. The Morgan fingerprint density at radius 1 is 1.02 bits per heavy atom. The number of carbonyl (C=O) groups excluding carboxylic acids is 2. The van der Waals surface area contributed by atoms with E-state index in [2.05, 4.69) is 46.3 Å². The number of nitrogens with zero attached hydrogens (tertiary/aromatic N) is 2. The van der Waals surface area contributed by atoms with Crippen LogP contribution in [0, 0.1) is 23.2 Å². The molecule has 0 bridgehead atoms. The van der Waals surface area contributed by atoms with Crippen LogP contribution in [0.3, 0.4) is 0 Å². The van der Waals surface area contributed by atoms with Crippen molar-refractivity contribution in [2.45, 2.75) is 37.8 Å². The monoisotopic (exact) mass is 569 g/mol. The number of aliphatic imine (C=N–C) groups is 1. The summed E-state index contributed by atoms with van der Waals surface area (Å²) in [5.41, 5.74) is 6.03. The van der Waals surface area contributed by atoms with Gasteiger partial charge in [-0.1, -0.05) is 78.9 Å². The lowest BCUT2D eigenvalue weighted by molar-refractivity contribution is -0.118. The second-order valence-electron chi connectivity index (χ2n) is 11.2. The molecule has 1 heterocycles. The summed E-state index contributed by atoms with van der Waals surface area (Å²) in [6, 6.07) is 17.5. The molecule has 0 saturated carbocycles. The van der Waals surface area contributed by atoms with Gasteiger partial charge in [-0.25, -0.2) is 0 Å². The van der Waals surface area contributed by atoms with E-state index in [1.807, 2.05) is 72.8 Å². The molecule has 3 N–H and O–H groups in total. The molecular formula is C36H35N5O2. The number of hydrogen-bond acceptors (Lipinski definition) is 5. The molecule has 0 spiro atoms. The Balaban J connectivity index is 1.11. The molecule has 0 saturated heterocycles. The van der Waals surface area contributed by atoms with Gasteiger partial charge in [0.1, 0.15) is 0 Å². The molecule has 0 radical (unpaired) electrons. The third-order valence-corrected chi connectivity index (χ3v) is 8.47. The topological polar surface area (TPSA) is 106 Å². The largest absolute Gasteiger partial charge is 0.346 e. The van der Waals surface area contributed by atoms with Gasteiger partial charge >= 0.3 is 0 Å². The number of carbonyl (C=O) groups is 2. The molecule has 2 aromatic carbocycles. The first-order chi connectivity index (χ1) is 21.1. The minimum atomic E-state index is -0.400. The third-order valence-electron chi connectivity index (χ3n) is 8.47. The van der Waals surface area contributed by atoms with Gasteiger partial charge in [0.25, 0.3) is 5.91 Å². The van der Waals surface area contributed by atoms with Crippen LogP contribution in [-0.4, -0.2) is 36.7 Å². The van der Waals surface area contributed by atoms with E-state index in [0.717, 1.165) is 52.9 Å². The highest BCUT2D eigenvalue weighted by atomic mass is 16.2. The van der Waals surface area contributed by atoms with Gasteiger partial charge in [0.15, 0.2) is 0 Å². The zero-order valence-corrected chi connectivity index (χ0v) is 24.0. The van der Waals surface area contributed by atoms with Gasteiger partial charge in [0.2, 0.25) is 5.91 Å². The molecular weight excluding hydrogens is 534 g/mol. The lowest BCUT2D eigenvalue weighted by atomic mass is 9.84. The Bertz CT molecular complexity index is 1640. The molecule has 1 aliphatic heterocycles. The lowest BCUT2D eigenvalue weighted by Gasteiger charge is -2.26. The fourth-order valence-electron chi connectivity index (χ4n) is 6.30. The van der Waals surface area contributed by atoms with Crippen LogP contribution in [0.25, 0.3) is 0 Å². The maximum atomic E-state index is 13.4. The predicted molar refractivity (Wildman–Crippen MR) is 170 cm³/mol. The van der Waals surface area contributed by atoms with Crippen molar-refractivity contribution >= 4 is 23.2 Å². The molecule has 0 aromatic heterocycles. The number of rotatable bonds is 7. The van der Waals surface area contributed by atoms with E-state index in [1.165, 1.54) is 0 Å². The molecule has 2 amide bonds. The van der Waals surface area contributed by atoms with Crippen molar-refractivity contribution < 1.29 is 9.59 Å². The van der Waals surface area contributed by atoms with Gasteiger partial charge < -0.3 is 16.0 Å². The number of nitriles is 1. The van der Waals surface area contributed by atoms with Crippen LogP contribution in [0.2, 0.25) is 0 Å². The number of hydrogen-bond donors (Lipinski definition) is 3. The number of para-hydroxylation sites is 1. The molecule has 7 heteroatoms. The van der Waals surface area contributed by atoms with E-state index in [4.69, 9.17) is 4.99 Å². The number of benzene rings is 2. The molecule has 4 unspecified atom stereocenters.